The fourth-order valence-electron chi connectivity index (χ4n) is 2.68. The number of nitrogens with two attached hydrogens (primary N) is 1. The Morgan fingerprint density at radius 1 is 1.11 bits per heavy atom. The number of ether oxygens (including phenoxy) is 1. The van der Waals surface area contributed by atoms with Crippen molar-refractivity contribution < 1.29 is 19.4 Å². The van der Waals surface area contributed by atoms with Gasteiger partial charge in [-0.3, -0.25) is 0 Å². The Bertz CT molecular complexity index is 765. The summed E-state index contributed by atoms with van der Waals surface area (Å²) in [7, 11) is 1.51. The van der Waals surface area contributed by atoms with Gasteiger partial charge in [0, 0.05) is 0 Å². The molecule has 0 bridgehead atoms. The molecule has 2 aromatic rings. The molecule has 2 rings (SSSR count). The zero-order valence-electron chi connectivity index (χ0n) is 15.3. The highest BCUT2D eigenvalue weighted by Crippen LogP contribution is 2.30. The lowest BCUT2D eigenvalue weighted by Gasteiger charge is -2.17. The summed E-state index contributed by atoms with van der Waals surface area (Å²) in [5, 5.41) is 14.5. The van der Waals surface area contributed by atoms with E-state index in [4.69, 9.17) is 10.5 Å². The molecule has 7 heteroatoms. The van der Waals surface area contributed by atoms with Crippen LogP contribution in [-0.4, -0.2) is 36.8 Å². The molecule has 144 valence electrons. The maximum Gasteiger partial charge on any atom is 0.326 e. The number of urea groups is 1. The summed E-state index contributed by atoms with van der Waals surface area (Å²) in [4.78, 5) is 23.7. The van der Waals surface area contributed by atoms with Crippen molar-refractivity contribution in [1.82, 2.24) is 5.32 Å². The Hall–Kier alpha value is -3.06. The van der Waals surface area contributed by atoms with E-state index in [2.05, 4.69) is 10.6 Å². The number of carboxylic acids is 1. The molecule has 0 saturated carbocycles. The van der Waals surface area contributed by atoms with E-state index >= 15 is 0 Å². The Labute approximate surface area is 158 Å². The van der Waals surface area contributed by atoms with Gasteiger partial charge in [0.15, 0.2) is 0 Å². The molecule has 0 saturated heterocycles. The average molecular weight is 371 g/mol. The Morgan fingerprint density at radius 3 is 2.48 bits per heavy atom. The number of amides is 2. The van der Waals surface area contributed by atoms with Gasteiger partial charge in [-0.15, -0.1) is 0 Å². The molecule has 27 heavy (non-hydrogen) atoms. The van der Waals surface area contributed by atoms with Gasteiger partial charge >= 0.3 is 12.0 Å². The third kappa shape index (κ3) is 6.00. The molecule has 0 aliphatic heterocycles. The van der Waals surface area contributed by atoms with Crippen LogP contribution in [0.2, 0.25) is 0 Å². The quantitative estimate of drug-likeness (QED) is 0.506. The molecule has 0 fully saturated rings. The van der Waals surface area contributed by atoms with Crippen molar-refractivity contribution in [3.05, 3.63) is 48.5 Å². The number of methoxy groups -OCH3 is 1. The molecule has 7 nitrogen and oxygen atoms in total. The lowest BCUT2D eigenvalue weighted by molar-refractivity contribution is -0.139. The Morgan fingerprint density at radius 2 is 1.85 bits per heavy atom. The minimum Gasteiger partial charge on any atom is -0.495 e. The van der Waals surface area contributed by atoms with E-state index in [1.54, 1.807) is 12.1 Å². The zero-order valence-corrected chi connectivity index (χ0v) is 15.3. The molecule has 0 unspecified atom stereocenters. The normalized spacial score (nSPS) is 11.5. The summed E-state index contributed by atoms with van der Waals surface area (Å²) < 4.78 is 5.30. The first kappa shape index (κ1) is 20.3. The number of carboxylic acid groups (broad SMARTS) is 1. The van der Waals surface area contributed by atoms with Gasteiger partial charge in [-0.25, -0.2) is 9.59 Å². The Kier molecular flexibility index (Phi) is 7.63. The van der Waals surface area contributed by atoms with Crippen LogP contribution in [-0.2, 0) is 4.79 Å². The number of rotatable bonds is 9. The number of hydrogen-bond donors (Lipinski definition) is 4. The van der Waals surface area contributed by atoms with E-state index in [1.165, 1.54) is 7.11 Å². The first-order valence-electron chi connectivity index (χ1n) is 8.79. The number of carbonyl (C=O) groups excluding carboxylic acids is 1. The predicted molar refractivity (Wildman–Crippen MR) is 105 cm³/mol. The van der Waals surface area contributed by atoms with Gasteiger partial charge in [0.25, 0.3) is 0 Å². The molecule has 0 spiro atoms. The highest BCUT2D eigenvalue weighted by Gasteiger charge is 2.20. The molecule has 5 N–H and O–H groups in total. The smallest absolute Gasteiger partial charge is 0.326 e. The molecule has 2 aromatic carbocycles. The summed E-state index contributed by atoms with van der Waals surface area (Å²) in [5.74, 6) is -0.591. The van der Waals surface area contributed by atoms with E-state index in [0.29, 0.717) is 37.2 Å². The second-order valence-corrected chi connectivity index (χ2v) is 6.05. The van der Waals surface area contributed by atoms with Gasteiger partial charge in [0.05, 0.1) is 12.8 Å². The zero-order chi connectivity index (χ0) is 19.6. The number of hydrogen-bond acceptors (Lipinski definition) is 4. The molecule has 1 atom stereocenters. The second-order valence-electron chi connectivity index (χ2n) is 6.05. The van der Waals surface area contributed by atoms with E-state index in [1.807, 2.05) is 36.4 Å². The Balaban J connectivity index is 2.12. The van der Waals surface area contributed by atoms with E-state index in [0.717, 1.165) is 11.1 Å². The van der Waals surface area contributed by atoms with Gasteiger partial charge < -0.3 is 26.2 Å². The number of nitrogens with one attached hydrogen (secondary N) is 2. The van der Waals surface area contributed by atoms with Crippen molar-refractivity contribution >= 4 is 17.7 Å². The first-order chi connectivity index (χ1) is 13.0. The van der Waals surface area contributed by atoms with Gasteiger partial charge in [0.1, 0.15) is 11.8 Å². The van der Waals surface area contributed by atoms with Crippen LogP contribution >= 0.6 is 0 Å². The molecular weight excluding hydrogens is 346 g/mol. The van der Waals surface area contributed by atoms with Crippen molar-refractivity contribution in [3.8, 4) is 16.9 Å². The van der Waals surface area contributed by atoms with Crippen molar-refractivity contribution in [2.24, 2.45) is 5.73 Å². The fraction of sp³-hybridized carbons (Fsp3) is 0.300. The summed E-state index contributed by atoms with van der Waals surface area (Å²) >= 11 is 0. The van der Waals surface area contributed by atoms with Crippen molar-refractivity contribution in [2.45, 2.75) is 25.3 Å². The topological polar surface area (TPSA) is 114 Å². The number of anilines is 1. The summed E-state index contributed by atoms with van der Waals surface area (Å²) in [6, 6.07) is 13.6. The molecule has 0 aromatic heterocycles. The number of aliphatic carboxylic acids is 1. The largest absolute Gasteiger partial charge is 0.495 e. The van der Waals surface area contributed by atoms with Crippen molar-refractivity contribution in [1.29, 1.82) is 0 Å². The third-order valence-corrected chi connectivity index (χ3v) is 4.11. The number of benzene rings is 2. The van der Waals surface area contributed by atoms with Crippen LogP contribution in [0.1, 0.15) is 19.3 Å². The molecule has 0 aliphatic rings. The molecule has 0 aliphatic carbocycles. The van der Waals surface area contributed by atoms with Gasteiger partial charge in [0.2, 0.25) is 0 Å². The molecule has 0 radical (unpaired) electrons. The standard InChI is InChI=1S/C20H25N3O4/c1-27-18-11-10-15(14-7-3-2-4-8-14)13-17(18)23-20(26)22-16(19(24)25)9-5-6-12-21/h2-4,7-8,10-11,13,16H,5-6,9,12,21H2,1H3,(H,24,25)(H2,22,23,26)/t16-/m0/s1. The predicted octanol–water partition coefficient (Wildman–Crippen LogP) is 3.07. The molecule has 2 amide bonds. The van der Waals surface area contributed by atoms with Crippen molar-refractivity contribution in [2.75, 3.05) is 19.0 Å². The van der Waals surface area contributed by atoms with Gasteiger partial charge in [-0.2, -0.15) is 0 Å². The van der Waals surface area contributed by atoms with Crippen LogP contribution in [0.5, 0.6) is 5.75 Å². The van der Waals surface area contributed by atoms with E-state index < -0.39 is 18.0 Å². The monoisotopic (exact) mass is 371 g/mol. The minimum atomic E-state index is -1.08. The van der Waals surface area contributed by atoms with Crippen LogP contribution in [0.3, 0.4) is 0 Å². The van der Waals surface area contributed by atoms with Crippen LogP contribution in [0.25, 0.3) is 11.1 Å². The summed E-state index contributed by atoms with van der Waals surface area (Å²) in [6.07, 6.45) is 1.65. The van der Waals surface area contributed by atoms with Gasteiger partial charge in [-0.05, 0) is 49.1 Å². The summed E-state index contributed by atoms with van der Waals surface area (Å²) in [5.41, 5.74) is 7.79. The number of carbonyl (C=O) groups is 2. The lowest BCUT2D eigenvalue weighted by Crippen LogP contribution is -2.43. The van der Waals surface area contributed by atoms with Crippen LogP contribution in [0, 0.1) is 0 Å². The second kappa shape index (κ2) is 10.2. The highest BCUT2D eigenvalue weighted by atomic mass is 16.5. The van der Waals surface area contributed by atoms with Crippen molar-refractivity contribution in [3.63, 3.8) is 0 Å². The average Bonchev–Trinajstić information content (AvgIpc) is 2.68. The SMILES string of the molecule is COc1ccc(-c2ccccc2)cc1NC(=O)N[C@@H](CCCCN)C(=O)O. The van der Waals surface area contributed by atoms with E-state index in [9.17, 15) is 14.7 Å². The maximum atomic E-state index is 12.3. The lowest BCUT2D eigenvalue weighted by atomic mass is 10.0. The van der Waals surface area contributed by atoms with Crippen LogP contribution < -0.4 is 21.1 Å². The minimum absolute atomic E-state index is 0.321. The molecular formula is C20H25N3O4. The third-order valence-electron chi connectivity index (χ3n) is 4.11. The van der Waals surface area contributed by atoms with Gasteiger partial charge in [-0.1, -0.05) is 36.4 Å². The van der Waals surface area contributed by atoms with Crippen LogP contribution in [0.4, 0.5) is 10.5 Å². The van der Waals surface area contributed by atoms with Crippen LogP contribution in [0.15, 0.2) is 48.5 Å². The summed E-state index contributed by atoms with van der Waals surface area (Å²) in [6.45, 7) is 0.488. The first-order valence-corrected chi connectivity index (χ1v) is 8.79. The molecule has 0 heterocycles. The maximum absolute atomic E-state index is 12.3. The van der Waals surface area contributed by atoms with E-state index in [-0.39, 0.29) is 0 Å². The highest BCUT2D eigenvalue weighted by molar-refractivity contribution is 5.94. The number of unbranched alkanes of at least 4 members (excludes halogenated alkanes) is 1. The fourth-order valence-corrected chi connectivity index (χ4v) is 2.68.